The van der Waals surface area contributed by atoms with Gasteiger partial charge in [0.1, 0.15) is 23.3 Å². The van der Waals surface area contributed by atoms with Gasteiger partial charge in [-0.05, 0) is 77.6 Å². The number of pyridine rings is 1. The number of anilines is 1. The maximum atomic E-state index is 15.5. The van der Waals surface area contributed by atoms with E-state index in [1.165, 1.54) is 6.07 Å². The first kappa shape index (κ1) is 22.9. The third-order valence-corrected chi connectivity index (χ3v) is 7.37. The van der Waals surface area contributed by atoms with Crippen LogP contribution in [0.2, 0.25) is 0 Å². The molecule has 0 saturated carbocycles. The standard InChI is InChI=1S/C30H23FN4O2/c1-16-11-27(33)35-17(2)22(16)15-34-29(36)19-8-9-21-25(13-19)30(24-10-7-18(14-32)12-26(24)31)23-6-4-3-5-20(23)28(21)37-30/h3-13,28H,15H2,1-2H3,(H2,33,35)(H,34,36). The van der Waals surface area contributed by atoms with Gasteiger partial charge >= 0.3 is 0 Å². The lowest BCUT2D eigenvalue weighted by molar-refractivity contribution is 0.0224. The number of ether oxygens (including phenoxy) is 1. The van der Waals surface area contributed by atoms with Crippen LogP contribution >= 0.6 is 0 Å². The summed E-state index contributed by atoms with van der Waals surface area (Å²) < 4.78 is 22.0. The van der Waals surface area contributed by atoms with Gasteiger partial charge in [0.15, 0.2) is 0 Å². The molecule has 0 fully saturated rings. The van der Waals surface area contributed by atoms with Crippen LogP contribution in [0.15, 0.2) is 66.7 Å². The first-order chi connectivity index (χ1) is 17.8. The summed E-state index contributed by atoms with van der Waals surface area (Å²) in [5, 5.41) is 12.2. The van der Waals surface area contributed by atoms with Crippen molar-refractivity contribution in [2.24, 2.45) is 0 Å². The number of hydrogen-bond acceptors (Lipinski definition) is 5. The number of nitriles is 1. The molecular weight excluding hydrogens is 467 g/mol. The number of nitrogens with zero attached hydrogens (tertiary/aromatic N) is 2. The molecular formula is C30H23FN4O2. The Hall–Kier alpha value is -4.54. The summed E-state index contributed by atoms with van der Waals surface area (Å²) in [6.45, 7) is 4.10. The maximum Gasteiger partial charge on any atom is 0.251 e. The number of hydrogen-bond donors (Lipinski definition) is 2. The molecule has 2 unspecified atom stereocenters. The first-order valence-corrected chi connectivity index (χ1v) is 12.0. The Balaban J connectivity index is 1.41. The first-order valence-electron chi connectivity index (χ1n) is 12.0. The van der Waals surface area contributed by atoms with Crippen LogP contribution in [0, 0.1) is 31.0 Å². The van der Waals surface area contributed by atoms with Crippen LogP contribution in [-0.4, -0.2) is 10.9 Å². The number of nitrogen functional groups attached to an aromatic ring is 1. The molecule has 3 N–H and O–H groups in total. The Morgan fingerprint density at radius 2 is 1.86 bits per heavy atom. The Morgan fingerprint density at radius 1 is 1.08 bits per heavy atom. The second-order valence-electron chi connectivity index (χ2n) is 9.49. The zero-order valence-corrected chi connectivity index (χ0v) is 20.3. The highest BCUT2D eigenvalue weighted by Gasteiger charge is 2.56. The molecule has 0 saturated heterocycles. The van der Waals surface area contributed by atoms with Crippen molar-refractivity contribution in [3.05, 3.63) is 128 Å². The van der Waals surface area contributed by atoms with Gasteiger partial charge in [-0.3, -0.25) is 4.79 Å². The predicted octanol–water partition coefficient (Wildman–Crippen LogP) is 4.95. The maximum absolute atomic E-state index is 15.5. The number of fused-ring (bicyclic) bond motifs is 8. The number of nitrogens with two attached hydrogens (primary N) is 1. The van der Waals surface area contributed by atoms with Crippen LogP contribution in [0.25, 0.3) is 0 Å². The smallest absolute Gasteiger partial charge is 0.251 e. The highest BCUT2D eigenvalue weighted by atomic mass is 19.1. The molecule has 182 valence electrons. The molecule has 0 aliphatic carbocycles. The fraction of sp³-hybridized carbons (Fsp3) is 0.167. The molecule has 2 aliphatic rings. The molecule has 0 spiro atoms. The van der Waals surface area contributed by atoms with Gasteiger partial charge < -0.3 is 15.8 Å². The third-order valence-electron chi connectivity index (χ3n) is 7.37. The van der Waals surface area contributed by atoms with Gasteiger partial charge in [0.2, 0.25) is 0 Å². The zero-order chi connectivity index (χ0) is 25.9. The second kappa shape index (κ2) is 8.26. The van der Waals surface area contributed by atoms with E-state index in [0.29, 0.717) is 23.5 Å². The molecule has 1 amide bonds. The van der Waals surface area contributed by atoms with Crippen molar-refractivity contribution in [3.63, 3.8) is 0 Å². The van der Waals surface area contributed by atoms with Crippen LogP contribution in [0.1, 0.15) is 66.7 Å². The SMILES string of the molecule is Cc1cc(N)nc(C)c1CNC(=O)c1ccc2c(c1)C1(c3ccc(C#N)cc3F)OC2c2ccccc21. The third kappa shape index (κ3) is 3.34. The summed E-state index contributed by atoms with van der Waals surface area (Å²) in [5.41, 5.74) is 11.7. The topological polar surface area (TPSA) is 101 Å². The summed E-state index contributed by atoms with van der Waals surface area (Å²) in [6.07, 6.45) is -0.371. The van der Waals surface area contributed by atoms with E-state index in [2.05, 4.69) is 10.3 Å². The van der Waals surface area contributed by atoms with Crippen LogP contribution in [0.4, 0.5) is 10.2 Å². The average molecular weight is 491 g/mol. The van der Waals surface area contributed by atoms with Crippen molar-refractivity contribution in [1.82, 2.24) is 10.3 Å². The quantitative estimate of drug-likeness (QED) is 0.422. The number of amides is 1. The average Bonchev–Trinajstić information content (AvgIpc) is 3.41. The summed E-state index contributed by atoms with van der Waals surface area (Å²) in [6, 6.07) is 21.4. The van der Waals surface area contributed by atoms with E-state index in [-0.39, 0.29) is 17.6 Å². The fourth-order valence-electron chi connectivity index (χ4n) is 5.67. The van der Waals surface area contributed by atoms with Crippen LogP contribution in [-0.2, 0) is 16.9 Å². The van der Waals surface area contributed by atoms with Gasteiger partial charge in [-0.25, -0.2) is 9.37 Å². The van der Waals surface area contributed by atoms with E-state index in [4.69, 9.17) is 10.5 Å². The van der Waals surface area contributed by atoms with Gasteiger partial charge in [0, 0.05) is 23.4 Å². The van der Waals surface area contributed by atoms with Gasteiger partial charge in [-0.2, -0.15) is 5.26 Å². The molecule has 37 heavy (non-hydrogen) atoms. The molecule has 6 nitrogen and oxygen atoms in total. The lowest BCUT2D eigenvalue weighted by Crippen LogP contribution is -2.29. The molecule has 3 heterocycles. The van der Waals surface area contributed by atoms with Crippen molar-refractivity contribution in [1.29, 1.82) is 5.26 Å². The van der Waals surface area contributed by atoms with Crippen molar-refractivity contribution in [2.45, 2.75) is 32.1 Å². The molecule has 2 bridgehead atoms. The van der Waals surface area contributed by atoms with E-state index in [0.717, 1.165) is 39.1 Å². The van der Waals surface area contributed by atoms with E-state index in [9.17, 15) is 10.1 Å². The van der Waals surface area contributed by atoms with Gasteiger partial charge in [-0.1, -0.05) is 36.4 Å². The highest BCUT2D eigenvalue weighted by Crippen LogP contribution is 2.61. The van der Waals surface area contributed by atoms with Crippen molar-refractivity contribution < 1.29 is 13.9 Å². The van der Waals surface area contributed by atoms with Crippen molar-refractivity contribution in [2.75, 3.05) is 5.73 Å². The van der Waals surface area contributed by atoms with Crippen LogP contribution in [0.5, 0.6) is 0 Å². The number of benzene rings is 3. The lowest BCUT2D eigenvalue weighted by Gasteiger charge is -2.30. The van der Waals surface area contributed by atoms with E-state index < -0.39 is 11.4 Å². The highest BCUT2D eigenvalue weighted by molar-refractivity contribution is 5.95. The second-order valence-corrected chi connectivity index (χ2v) is 9.49. The fourth-order valence-corrected chi connectivity index (χ4v) is 5.67. The summed E-state index contributed by atoms with van der Waals surface area (Å²) in [4.78, 5) is 17.5. The number of halogens is 1. The summed E-state index contributed by atoms with van der Waals surface area (Å²) in [7, 11) is 0. The molecule has 0 radical (unpaired) electrons. The largest absolute Gasteiger partial charge is 0.384 e. The van der Waals surface area contributed by atoms with E-state index in [1.807, 2.05) is 50.2 Å². The minimum absolute atomic E-state index is 0.231. The molecule has 2 aliphatic heterocycles. The van der Waals surface area contributed by atoms with Crippen LogP contribution < -0.4 is 11.1 Å². The monoisotopic (exact) mass is 490 g/mol. The van der Waals surface area contributed by atoms with Crippen molar-refractivity contribution in [3.8, 4) is 6.07 Å². The Labute approximate surface area is 213 Å². The summed E-state index contributed by atoms with van der Waals surface area (Å²) in [5.74, 6) is -0.344. The number of nitrogens with one attached hydrogen (secondary N) is 1. The van der Waals surface area contributed by atoms with Gasteiger partial charge in [-0.15, -0.1) is 0 Å². The number of aromatic nitrogens is 1. The molecule has 3 aromatic carbocycles. The van der Waals surface area contributed by atoms with Crippen molar-refractivity contribution >= 4 is 11.7 Å². The number of rotatable bonds is 4. The minimum atomic E-state index is -1.21. The summed E-state index contributed by atoms with van der Waals surface area (Å²) >= 11 is 0. The Bertz CT molecular complexity index is 1640. The molecule has 7 heteroatoms. The van der Waals surface area contributed by atoms with E-state index >= 15 is 4.39 Å². The van der Waals surface area contributed by atoms with Gasteiger partial charge in [0.05, 0.1) is 11.6 Å². The molecule has 6 rings (SSSR count). The van der Waals surface area contributed by atoms with E-state index in [1.54, 1.807) is 30.3 Å². The minimum Gasteiger partial charge on any atom is -0.384 e. The van der Waals surface area contributed by atoms with Gasteiger partial charge in [0.25, 0.3) is 5.91 Å². The normalized spacial score (nSPS) is 18.7. The Morgan fingerprint density at radius 3 is 2.62 bits per heavy atom. The molecule has 1 aromatic heterocycles. The predicted molar refractivity (Wildman–Crippen MR) is 136 cm³/mol. The molecule has 4 aromatic rings. The Kier molecular flexibility index (Phi) is 5.11. The zero-order valence-electron chi connectivity index (χ0n) is 20.3. The van der Waals surface area contributed by atoms with Crippen LogP contribution in [0.3, 0.4) is 0 Å². The number of carbonyl (C=O) groups is 1. The molecule has 2 atom stereocenters. The number of carbonyl (C=O) groups excluding carboxylic acids is 1. The lowest BCUT2D eigenvalue weighted by atomic mass is 9.73. The number of aryl methyl sites for hydroxylation is 2.